The van der Waals surface area contributed by atoms with Crippen molar-refractivity contribution in [2.75, 3.05) is 18.0 Å². The summed E-state index contributed by atoms with van der Waals surface area (Å²) in [6, 6.07) is 24.3. The van der Waals surface area contributed by atoms with Crippen molar-refractivity contribution in [1.82, 2.24) is 10.1 Å². The van der Waals surface area contributed by atoms with E-state index < -0.39 is 5.76 Å². The molecule has 8 nitrogen and oxygen atoms in total. The Hall–Kier alpha value is -5.11. The molecule has 1 aromatic heterocycles. The van der Waals surface area contributed by atoms with Crippen LogP contribution < -0.4 is 10.7 Å². The van der Waals surface area contributed by atoms with Crippen molar-refractivity contribution in [2.24, 2.45) is 4.99 Å². The summed E-state index contributed by atoms with van der Waals surface area (Å²) in [5.41, 5.74) is 9.13. The number of H-pyrrole nitrogens is 1. The zero-order chi connectivity index (χ0) is 32.0. The number of aromatic amines is 1. The van der Waals surface area contributed by atoms with Crippen LogP contribution in [0.5, 0.6) is 0 Å². The molecule has 1 fully saturated rings. The van der Waals surface area contributed by atoms with Gasteiger partial charge < -0.3 is 4.90 Å². The van der Waals surface area contributed by atoms with Crippen LogP contribution in [0.3, 0.4) is 0 Å². The van der Waals surface area contributed by atoms with Crippen LogP contribution in [0.25, 0.3) is 22.5 Å². The first-order chi connectivity index (χ1) is 22.4. The molecule has 6 rings (SSSR count). The lowest BCUT2D eigenvalue weighted by Gasteiger charge is -2.28. The minimum Gasteiger partial charge on any atom is -0.371 e. The van der Waals surface area contributed by atoms with Gasteiger partial charge in [0.15, 0.2) is 11.6 Å². The molecular weight excluding hydrogens is 576 g/mol. The van der Waals surface area contributed by atoms with Gasteiger partial charge in [-0.15, -0.1) is 0 Å². The molecule has 0 unspecified atom stereocenters. The molecule has 1 saturated heterocycles. The van der Waals surface area contributed by atoms with Crippen LogP contribution in [0.15, 0.2) is 110 Å². The number of benzene rings is 3. The number of ketones is 2. The van der Waals surface area contributed by atoms with Gasteiger partial charge in [-0.3, -0.25) is 24.1 Å². The van der Waals surface area contributed by atoms with Crippen LogP contribution in [0.4, 0.5) is 5.69 Å². The molecule has 0 spiro atoms. The Balaban J connectivity index is 1.22. The van der Waals surface area contributed by atoms with Crippen molar-refractivity contribution in [3.05, 3.63) is 117 Å². The molecule has 234 valence electrons. The summed E-state index contributed by atoms with van der Waals surface area (Å²) >= 11 is 0. The Morgan fingerprint density at radius 1 is 0.870 bits per heavy atom. The van der Waals surface area contributed by atoms with Crippen LogP contribution in [0, 0.1) is 0 Å². The number of nitrogens with zero attached hydrogens (tertiary/aromatic N) is 3. The SMILES string of the molecule is CCCC1=C(Cc2ccc(-c3ccccc3-c3noc(=O)[nH]3)cc2)C(=O)/C(=C/Cc2ccc(N3CCC(=O)CC3)cc2)C(CC)=N1. The number of hydrogen-bond donors (Lipinski definition) is 1. The van der Waals surface area contributed by atoms with E-state index in [0.29, 0.717) is 49.3 Å². The number of carbonyl (C=O) groups excluding carboxylic acids is 2. The fourth-order valence-electron chi connectivity index (χ4n) is 6.19. The third-order valence-electron chi connectivity index (χ3n) is 8.70. The highest BCUT2D eigenvalue weighted by Gasteiger charge is 2.27. The van der Waals surface area contributed by atoms with Gasteiger partial charge in [0.1, 0.15) is 5.78 Å². The summed E-state index contributed by atoms with van der Waals surface area (Å²) in [6.45, 7) is 5.70. The molecule has 0 aliphatic carbocycles. The van der Waals surface area contributed by atoms with E-state index in [9.17, 15) is 14.4 Å². The molecule has 0 radical (unpaired) electrons. The van der Waals surface area contributed by atoms with E-state index in [4.69, 9.17) is 9.52 Å². The number of aromatic nitrogens is 2. The molecule has 46 heavy (non-hydrogen) atoms. The molecule has 0 bridgehead atoms. The van der Waals surface area contributed by atoms with Crippen LogP contribution in [-0.4, -0.2) is 40.5 Å². The molecule has 2 aliphatic rings. The van der Waals surface area contributed by atoms with E-state index in [1.165, 1.54) is 0 Å². The average Bonchev–Trinajstić information content (AvgIpc) is 3.52. The van der Waals surface area contributed by atoms with Crippen LogP contribution in [0.1, 0.15) is 57.1 Å². The number of nitrogens with one attached hydrogen (secondary N) is 1. The summed E-state index contributed by atoms with van der Waals surface area (Å²) in [7, 11) is 0. The van der Waals surface area contributed by atoms with Crippen molar-refractivity contribution in [3.63, 3.8) is 0 Å². The van der Waals surface area contributed by atoms with Gasteiger partial charge in [-0.05, 0) is 53.6 Å². The van der Waals surface area contributed by atoms with Gasteiger partial charge in [0.05, 0.1) is 5.71 Å². The normalized spacial score (nSPS) is 16.3. The number of aliphatic imine (C=N–C) groups is 1. The topological polar surface area (TPSA) is 109 Å². The second-order valence-corrected chi connectivity index (χ2v) is 11.8. The minimum absolute atomic E-state index is 0.0642. The van der Waals surface area contributed by atoms with Crippen molar-refractivity contribution in [1.29, 1.82) is 0 Å². The van der Waals surface area contributed by atoms with Gasteiger partial charge in [-0.1, -0.05) is 92.2 Å². The van der Waals surface area contributed by atoms with Gasteiger partial charge in [0, 0.05) is 60.4 Å². The summed E-state index contributed by atoms with van der Waals surface area (Å²) in [5.74, 6) is 0.184. The predicted octanol–water partition coefficient (Wildman–Crippen LogP) is 7.07. The van der Waals surface area contributed by atoms with E-state index in [-0.39, 0.29) is 5.78 Å². The van der Waals surface area contributed by atoms with E-state index in [0.717, 1.165) is 76.4 Å². The summed E-state index contributed by atoms with van der Waals surface area (Å²) in [6.07, 6.45) is 6.74. The molecule has 8 heteroatoms. The number of rotatable bonds is 10. The smallest absolute Gasteiger partial charge is 0.371 e. The van der Waals surface area contributed by atoms with E-state index >= 15 is 0 Å². The number of allylic oxidation sites excluding steroid dienone is 4. The van der Waals surface area contributed by atoms with Gasteiger partial charge in [0.2, 0.25) is 0 Å². The molecule has 3 aromatic carbocycles. The van der Waals surface area contributed by atoms with Crippen molar-refractivity contribution >= 4 is 23.0 Å². The van der Waals surface area contributed by atoms with Crippen molar-refractivity contribution < 1.29 is 14.1 Å². The van der Waals surface area contributed by atoms with Crippen LogP contribution in [-0.2, 0) is 22.4 Å². The third kappa shape index (κ3) is 6.76. The first-order valence-corrected chi connectivity index (χ1v) is 16.1. The summed E-state index contributed by atoms with van der Waals surface area (Å²) in [5, 5.41) is 3.86. The van der Waals surface area contributed by atoms with E-state index in [2.05, 4.69) is 53.2 Å². The summed E-state index contributed by atoms with van der Waals surface area (Å²) in [4.78, 5) is 47.2. The lowest BCUT2D eigenvalue weighted by Crippen LogP contribution is -2.33. The average molecular weight is 615 g/mol. The summed E-state index contributed by atoms with van der Waals surface area (Å²) < 4.78 is 4.73. The first kappa shape index (κ1) is 30.9. The van der Waals surface area contributed by atoms with Crippen LogP contribution in [0.2, 0.25) is 0 Å². The molecule has 0 atom stereocenters. The molecule has 0 amide bonds. The fraction of sp³-hybridized carbons (Fsp3) is 0.289. The quantitative estimate of drug-likeness (QED) is 0.192. The second-order valence-electron chi connectivity index (χ2n) is 11.8. The van der Waals surface area contributed by atoms with Crippen LogP contribution >= 0.6 is 0 Å². The number of carbonyl (C=O) groups is 2. The number of piperidine rings is 1. The molecule has 0 saturated carbocycles. The van der Waals surface area contributed by atoms with Gasteiger partial charge in [0.25, 0.3) is 0 Å². The van der Waals surface area contributed by atoms with E-state index in [1.807, 2.05) is 54.6 Å². The van der Waals surface area contributed by atoms with Crippen molar-refractivity contribution in [2.45, 2.75) is 58.8 Å². The van der Waals surface area contributed by atoms with Gasteiger partial charge in [-0.25, -0.2) is 4.79 Å². The van der Waals surface area contributed by atoms with Gasteiger partial charge in [-0.2, -0.15) is 0 Å². The first-order valence-electron chi connectivity index (χ1n) is 16.1. The minimum atomic E-state index is -0.596. The lowest BCUT2D eigenvalue weighted by atomic mass is 9.87. The third-order valence-corrected chi connectivity index (χ3v) is 8.70. The molecule has 4 aromatic rings. The molecule has 2 aliphatic heterocycles. The second kappa shape index (κ2) is 13.9. The number of anilines is 1. The largest absolute Gasteiger partial charge is 0.439 e. The Morgan fingerprint density at radius 3 is 2.22 bits per heavy atom. The predicted molar refractivity (Wildman–Crippen MR) is 181 cm³/mol. The Kier molecular flexibility index (Phi) is 9.33. The number of hydrogen-bond acceptors (Lipinski definition) is 7. The lowest BCUT2D eigenvalue weighted by molar-refractivity contribution is -0.119. The van der Waals surface area contributed by atoms with Crippen molar-refractivity contribution in [3.8, 4) is 22.5 Å². The molecule has 1 N–H and O–H groups in total. The monoisotopic (exact) mass is 614 g/mol. The van der Waals surface area contributed by atoms with Gasteiger partial charge >= 0.3 is 5.76 Å². The zero-order valence-corrected chi connectivity index (χ0v) is 26.3. The Bertz CT molecular complexity index is 1880. The Morgan fingerprint density at radius 2 is 1.57 bits per heavy atom. The highest BCUT2D eigenvalue weighted by molar-refractivity contribution is 6.29. The maximum Gasteiger partial charge on any atom is 0.439 e. The van der Waals surface area contributed by atoms with E-state index in [1.54, 1.807) is 0 Å². The zero-order valence-electron chi connectivity index (χ0n) is 26.3. The fourth-order valence-corrected chi connectivity index (χ4v) is 6.19. The maximum absolute atomic E-state index is 14.1. The maximum atomic E-state index is 14.1. The molecular formula is C38H38N4O4. The number of Topliss-reactive ketones (excluding diaryl/α,β-unsaturated/α-hetero) is 2. The molecule has 3 heterocycles. The Labute approximate surface area is 268 Å². The standard InChI is InChI=1S/C38H38N4O4/c1-3-7-35-33(24-26-10-15-27(16-11-26)30-8-5-6-9-31(30)37-40-38(45)46-41-37)36(44)32(34(4-2)39-35)19-14-25-12-17-28(18-13-25)42-22-20-29(43)21-23-42/h5-6,8-13,15-19H,3-4,7,14,20-24H2,1-2H3,(H,40,41,45)/b32-19+. The highest BCUT2D eigenvalue weighted by Crippen LogP contribution is 2.32. The highest BCUT2D eigenvalue weighted by atomic mass is 16.5.